The van der Waals surface area contributed by atoms with Crippen LogP contribution in [0, 0.1) is 0 Å². The molecule has 1 unspecified atom stereocenters. The van der Waals surface area contributed by atoms with Gasteiger partial charge in [0.2, 0.25) is 0 Å². The summed E-state index contributed by atoms with van der Waals surface area (Å²) in [6.07, 6.45) is 100.0. The van der Waals surface area contributed by atoms with Crippen molar-refractivity contribution in [3.05, 3.63) is 146 Å². The summed E-state index contributed by atoms with van der Waals surface area (Å²) in [4.78, 5) is 38.4. The van der Waals surface area contributed by atoms with E-state index in [-0.39, 0.29) is 31.1 Å². The number of hydrogen-bond donors (Lipinski definition) is 0. The highest BCUT2D eigenvalue weighted by atomic mass is 16.6. The van der Waals surface area contributed by atoms with Crippen LogP contribution < -0.4 is 0 Å². The molecule has 0 bridgehead atoms. The van der Waals surface area contributed by atoms with Crippen molar-refractivity contribution >= 4 is 17.9 Å². The molecule has 0 aliphatic rings. The summed E-state index contributed by atoms with van der Waals surface area (Å²) in [6.45, 7) is 6.41. The predicted molar refractivity (Wildman–Crippen MR) is 362 cm³/mol. The van der Waals surface area contributed by atoms with E-state index in [4.69, 9.17) is 14.2 Å². The Balaban J connectivity index is 4.39. The summed E-state index contributed by atoms with van der Waals surface area (Å²) in [6, 6.07) is 0. The van der Waals surface area contributed by atoms with Gasteiger partial charge < -0.3 is 14.2 Å². The minimum Gasteiger partial charge on any atom is -0.462 e. The predicted octanol–water partition coefficient (Wildman–Crippen LogP) is 23.9. The Morgan fingerprint density at radius 1 is 0.253 bits per heavy atom. The number of carbonyl (C=O) groups excluding carboxylic acids is 3. The molecule has 0 saturated heterocycles. The van der Waals surface area contributed by atoms with Gasteiger partial charge in [0.1, 0.15) is 13.2 Å². The summed E-state index contributed by atoms with van der Waals surface area (Å²) in [5.74, 6) is -0.909. The molecule has 0 fully saturated rings. The van der Waals surface area contributed by atoms with Crippen LogP contribution in [0.3, 0.4) is 0 Å². The maximum Gasteiger partial charge on any atom is 0.306 e. The van der Waals surface area contributed by atoms with Gasteiger partial charge in [-0.3, -0.25) is 14.4 Å². The fourth-order valence-electron chi connectivity index (χ4n) is 9.27. The molecule has 0 rings (SSSR count). The molecule has 0 aliphatic carbocycles. The van der Waals surface area contributed by atoms with Crippen LogP contribution in [0.1, 0.15) is 303 Å². The van der Waals surface area contributed by atoms with E-state index in [1.165, 1.54) is 103 Å². The second-order valence-corrected chi connectivity index (χ2v) is 22.3. The first kappa shape index (κ1) is 78.3. The Bertz CT molecular complexity index is 1800. The van der Waals surface area contributed by atoms with E-state index in [1.807, 2.05) is 0 Å². The quantitative estimate of drug-likeness (QED) is 0.0261. The summed E-state index contributed by atoms with van der Waals surface area (Å²) < 4.78 is 17.0. The van der Waals surface area contributed by atoms with Crippen LogP contribution in [0.2, 0.25) is 0 Å². The molecule has 0 spiro atoms. The molecule has 0 N–H and O–H groups in total. The van der Waals surface area contributed by atoms with Gasteiger partial charge in [-0.05, 0) is 122 Å². The zero-order valence-electron chi connectivity index (χ0n) is 53.9. The summed E-state index contributed by atoms with van der Waals surface area (Å²) in [5, 5.41) is 0. The maximum absolute atomic E-state index is 13.0. The number of esters is 3. The van der Waals surface area contributed by atoms with E-state index in [2.05, 4.69) is 167 Å². The Morgan fingerprint density at radius 2 is 0.470 bits per heavy atom. The van der Waals surface area contributed by atoms with Gasteiger partial charge in [-0.1, -0.05) is 308 Å². The van der Waals surface area contributed by atoms with Crippen molar-refractivity contribution in [2.45, 2.75) is 309 Å². The fraction of sp³-hybridized carbons (Fsp3) is 0.649. The lowest BCUT2D eigenvalue weighted by Crippen LogP contribution is -2.30. The maximum atomic E-state index is 13.0. The standard InChI is InChI=1S/C77H126O6/c1-4-7-10-13-16-19-22-25-27-29-31-33-35-37-38-40-41-43-45-47-49-52-55-58-61-64-67-70-76(79)82-73-74(72-81-75(78)69-66-63-60-57-54-51-24-21-18-15-12-9-6-3)83-77(80)71-68-65-62-59-56-53-50-48-46-44-42-39-36-34-32-30-28-26-23-20-17-14-11-8-5-2/h7-8,10-11,16-17,19-20,25-28,31-34,37-39,41-43,47,49,74H,4-6,9,12-15,18,21-24,29-30,35-36,40,44-46,48,50-73H2,1-3H3/b10-7-,11-8-,19-16-,20-17-,27-25-,28-26-,33-31-,34-32-,38-37-,42-39-,43-41-,49-47-. The number of hydrogen-bond acceptors (Lipinski definition) is 6. The van der Waals surface area contributed by atoms with Gasteiger partial charge in [-0.25, -0.2) is 0 Å². The van der Waals surface area contributed by atoms with Crippen molar-refractivity contribution in [2.24, 2.45) is 0 Å². The largest absolute Gasteiger partial charge is 0.462 e. The van der Waals surface area contributed by atoms with Crippen molar-refractivity contribution < 1.29 is 28.6 Å². The van der Waals surface area contributed by atoms with Gasteiger partial charge >= 0.3 is 17.9 Å². The summed E-state index contributed by atoms with van der Waals surface area (Å²) in [5.41, 5.74) is 0. The van der Waals surface area contributed by atoms with E-state index in [0.717, 1.165) is 161 Å². The zero-order chi connectivity index (χ0) is 59.9. The monoisotopic (exact) mass is 1150 g/mol. The highest BCUT2D eigenvalue weighted by Gasteiger charge is 2.19. The highest BCUT2D eigenvalue weighted by molar-refractivity contribution is 5.71. The third kappa shape index (κ3) is 68.0. The fourth-order valence-corrected chi connectivity index (χ4v) is 9.27. The van der Waals surface area contributed by atoms with E-state index in [9.17, 15) is 14.4 Å². The Hall–Kier alpha value is -4.71. The smallest absolute Gasteiger partial charge is 0.306 e. The van der Waals surface area contributed by atoms with Crippen molar-refractivity contribution in [1.29, 1.82) is 0 Å². The topological polar surface area (TPSA) is 78.9 Å². The molecule has 0 heterocycles. The second-order valence-electron chi connectivity index (χ2n) is 22.3. The van der Waals surface area contributed by atoms with Crippen LogP contribution in [0.4, 0.5) is 0 Å². The molecule has 0 saturated carbocycles. The van der Waals surface area contributed by atoms with Crippen molar-refractivity contribution in [3.63, 3.8) is 0 Å². The van der Waals surface area contributed by atoms with E-state index >= 15 is 0 Å². The van der Waals surface area contributed by atoms with Gasteiger partial charge in [0.25, 0.3) is 0 Å². The van der Waals surface area contributed by atoms with Gasteiger partial charge in [0.05, 0.1) is 0 Å². The van der Waals surface area contributed by atoms with Crippen molar-refractivity contribution in [1.82, 2.24) is 0 Å². The molecule has 1 atom stereocenters. The number of rotatable bonds is 61. The number of unbranched alkanes of at least 4 members (excludes halogenated alkanes) is 26. The molecule has 0 aromatic carbocycles. The molecule has 470 valence electrons. The zero-order valence-corrected chi connectivity index (χ0v) is 53.9. The van der Waals surface area contributed by atoms with Gasteiger partial charge in [-0.2, -0.15) is 0 Å². The first-order chi connectivity index (χ1) is 41.0. The number of ether oxygens (including phenoxy) is 3. The Morgan fingerprint density at radius 3 is 0.735 bits per heavy atom. The average Bonchev–Trinajstić information content (AvgIpc) is 3.49. The van der Waals surface area contributed by atoms with Crippen LogP contribution >= 0.6 is 0 Å². The molecular weight excluding hydrogens is 1020 g/mol. The molecule has 83 heavy (non-hydrogen) atoms. The first-order valence-electron chi connectivity index (χ1n) is 34.3. The van der Waals surface area contributed by atoms with Crippen LogP contribution in [-0.4, -0.2) is 37.2 Å². The molecule has 0 amide bonds. The van der Waals surface area contributed by atoms with Crippen LogP contribution in [-0.2, 0) is 28.6 Å². The second kappa shape index (κ2) is 69.8. The summed E-state index contributed by atoms with van der Waals surface area (Å²) >= 11 is 0. The van der Waals surface area contributed by atoms with Crippen molar-refractivity contribution in [3.8, 4) is 0 Å². The van der Waals surface area contributed by atoms with Crippen molar-refractivity contribution in [2.75, 3.05) is 13.2 Å². The average molecular weight is 1150 g/mol. The minimum atomic E-state index is -0.796. The lowest BCUT2D eigenvalue weighted by atomic mass is 10.0. The van der Waals surface area contributed by atoms with Gasteiger partial charge in [0, 0.05) is 19.3 Å². The van der Waals surface area contributed by atoms with Gasteiger partial charge in [0.15, 0.2) is 6.10 Å². The minimum absolute atomic E-state index is 0.0888. The normalized spacial score (nSPS) is 13.0. The van der Waals surface area contributed by atoms with Crippen LogP contribution in [0.5, 0.6) is 0 Å². The molecule has 0 aromatic rings. The Kier molecular flexibility index (Phi) is 65.8. The molecule has 6 nitrogen and oxygen atoms in total. The van der Waals surface area contributed by atoms with Crippen LogP contribution in [0.15, 0.2) is 146 Å². The Labute approximate surface area is 512 Å². The SMILES string of the molecule is CC/C=C\C/C=C\C/C=C\C/C=C\C/C=C\C/C=C\C/C=C\CCCCCCCC(=O)OCC(COC(=O)CCCCCCCCCCCCCCC)OC(=O)CCCCCCCCCCC/C=C\C/C=C\C/C=C\C/C=C\C/C=C\CC. The summed E-state index contributed by atoms with van der Waals surface area (Å²) in [7, 11) is 0. The van der Waals surface area contributed by atoms with E-state index in [0.29, 0.717) is 19.3 Å². The lowest BCUT2D eigenvalue weighted by Gasteiger charge is -2.18. The van der Waals surface area contributed by atoms with Crippen LogP contribution in [0.25, 0.3) is 0 Å². The van der Waals surface area contributed by atoms with E-state index < -0.39 is 6.10 Å². The van der Waals surface area contributed by atoms with E-state index in [1.54, 1.807) is 0 Å². The molecule has 6 heteroatoms. The first-order valence-corrected chi connectivity index (χ1v) is 34.3. The molecular formula is C77H126O6. The molecule has 0 aromatic heterocycles. The third-order valence-electron chi connectivity index (χ3n) is 14.3. The number of carbonyl (C=O) groups is 3. The third-order valence-corrected chi connectivity index (χ3v) is 14.3. The lowest BCUT2D eigenvalue weighted by molar-refractivity contribution is -0.167. The number of allylic oxidation sites excluding steroid dienone is 24. The molecule has 0 aliphatic heterocycles. The highest BCUT2D eigenvalue weighted by Crippen LogP contribution is 2.16. The molecule has 0 radical (unpaired) electrons. The van der Waals surface area contributed by atoms with Gasteiger partial charge in [-0.15, -0.1) is 0 Å².